The summed E-state index contributed by atoms with van der Waals surface area (Å²) in [7, 11) is 0. The van der Waals surface area contributed by atoms with E-state index in [4.69, 9.17) is 16.3 Å². The van der Waals surface area contributed by atoms with Gasteiger partial charge in [0.1, 0.15) is 0 Å². The van der Waals surface area contributed by atoms with Gasteiger partial charge in [-0.3, -0.25) is 0 Å². The summed E-state index contributed by atoms with van der Waals surface area (Å²) in [4.78, 5) is 9.91. The predicted molar refractivity (Wildman–Crippen MR) is 65.1 cm³/mol. The molecule has 0 atom stereocenters. The van der Waals surface area contributed by atoms with E-state index < -0.39 is 4.92 Å². The number of benzene rings is 1. The molecule has 1 aromatic heterocycles. The summed E-state index contributed by atoms with van der Waals surface area (Å²) in [6, 6.07) is 9.60. The molecule has 0 amide bonds. The van der Waals surface area contributed by atoms with Crippen LogP contribution in [-0.2, 0) is 18.1 Å². The molecular formula is C11H10ClN3O3. The van der Waals surface area contributed by atoms with Gasteiger partial charge in [-0.15, -0.1) is 0 Å². The van der Waals surface area contributed by atoms with Crippen LogP contribution < -0.4 is 0 Å². The minimum absolute atomic E-state index is 0.00307. The fraction of sp³-hybridized carbons (Fsp3) is 0.182. The third-order valence-electron chi connectivity index (χ3n) is 2.21. The fourth-order valence-electron chi connectivity index (χ4n) is 1.41. The van der Waals surface area contributed by atoms with Crippen molar-refractivity contribution in [2.75, 3.05) is 0 Å². The second-order valence-electron chi connectivity index (χ2n) is 3.56. The first kappa shape index (κ1) is 12.5. The van der Waals surface area contributed by atoms with E-state index in [1.54, 1.807) is 0 Å². The molecule has 0 spiro atoms. The fourth-order valence-corrected chi connectivity index (χ4v) is 1.63. The highest BCUT2D eigenvalue weighted by Gasteiger charge is 2.18. The molecule has 1 heterocycles. The zero-order valence-corrected chi connectivity index (χ0v) is 10.1. The van der Waals surface area contributed by atoms with Crippen molar-refractivity contribution in [1.29, 1.82) is 0 Å². The summed E-state index contributed by atoms with van der Waals surface area (Å²) in [5.41, 5.74) is 1.02. The lowest BCUT2D eigenvalue weighted by Crippen LogP contribution is -2.03. The highest BCUT2D eigenvalue weighted by molar-refractivity contribution is 6.32. The van der Waals surface area contributed by atoms with Crippen molar-refractivity contribution in [3.05, 3.63) is 57.2 Å². The van der Waals surface area contributed by atoms with Crippen molar-refractivity contribution in [3.8, 4) is 0 Å². The summed E-state index contributed by atoms with van der Waals surface area (Å²) in [6.45, 7) is 0.522. The molecule has 94 valence electrons. The van der Waals surface area contributed by atoms with Crippen LogP contribution in [0.3, 0.4) is 0 Å². The Bertz CT molecular complexity index is 542. The number of halogens is 1. The lowest BCUT2D eigenvalue weighted by molar-refractivity contribution is -0.389. The zero-order chi connectivity index (χ0) is 13.0. The Hall–Kier alpha value is -1.92. The van der Waals surface area contributed by atoms with Gasteiger partial charge >= 0.3 is 5.82 Å². The molecular weight excluding hydrogens is 258 g/mol. The van der Waals surface area contributed by atoms with Crippen LogP contribution in [0.1, 0.15) is 5.56 Å². The summed E-state index contributed by atoms with van der Waals surface area (Å²) in [5.74, 6) is -0.361. The van der Waals surface area contributed by atoms with Gasteiger partial charge in [-0.2, -0.15) is 4.68 Å². The lowest BCUT2D eigenvalue weighted by atomic mass is 10.2. The van der Waals surface area contributed by atoms with E-state index in [9.17, 15) is 10.1 Å². The Labute approximate surface area is 108 Å². The van der Waals surface area contributed by atoms with Crippen LogP contribution >= 0.6 is 11.6 Å². The minimum Gasteiger partial charge on any atom is -0.358 e. The molecule has 0 radical (unpaired) electrons. The number of ether oxygens (including phenoxy) is 1. The Morgan fingerprint density at radius 2 is 2.11 bits per heavy atom. The maximum absolute atomic E-state index is 10.5. The molecule has 0 fully saturated rings. The van der Waals surface area contributed by atoms with E-state index in [2.05, 4.69) is 5.10 Å². The number of aromatic nitrogens is 2. The highest BCUT2D eigenvalue weighted by Crippen LogP contribution is 2.21. The third-order valence-corrected chi connectivity index (χ3v) is 2.47. The second-order valence-corrected chi connectivity index (χ2v) is 3.97. The van der Waals surface area contributed by atoms with Crippen LogP contribution in [0.15, 0.2) is 36.5 Å². The predicted octanol–water partition coefficient (Wildman–Crippen LogP) is 2.62. The SMILES string of the molecule is O=[N+]([O-])c1nn(COCc2ccccc2)cc1Cl. The molecule has 0 aliphatic heterocycles. The van der Waals surface area contributed by atoms with Crippen LogP contribution in [0.2, 0.25) is 5.02 Å². The Kier molecular flexibility index (Phi) is 3.91. The quantitative estimate of drug-likeness (QED) is 0.617. The molecule has 6 nitrogen and oxygen atoms in total. The molecule has 0 aliphatic rings. The van der Waals surface area contributed by atoms with E-state index in [-0.39, 0.29) is 17.6 Å². The highest BCUT2D eigenvalue weighted by atomic mass is 35.5. The van der Waals surface area contributed by atoms with E-state index in [1.807, 2.05) is 30.3 Å². The molecule has 0 N–H and O–H groups in total. The molecule has 2 rings (SSSR count). The van der Waals surface area contributed by atoms with Crippen LogP contribution in [0.5, 0.6) is 0 Å². The standard InChI is InChI=1S/C11H10ClN3O3/c12-10-6-14(13-11(10)15(16)17)8-18-7-9-4-2-1-3-5-9/h1-6H,7-8H2. The number of nitrogens with zero attached hydrogens (tertiary/aromatic N) is 3. The van der Waals surface area contributed by atoms with E-state index >= 15 is 0 Å². The van der Waals surface area contributed by atoms with Gasteiger partial charge < -0.3 is 14.9 Å². The number of rotatable bonds is 5. The van der Waals surface area contributed by atoms with Crippen molar-refractivity contribution < 1.29 is 9.66 Å². The number of hydrogen-bond donors (Lipinski definition) is 0. The van der Waals surface area contributed by atoms with Crippen molar-refractivity contribution in [2.24, 2.45) is 0 Å². The van der Waals surface area contributed by atoms with Gasteiger partial charge in [0.2, 0.25) is 0 Å². The normalized spacial score (nSPS) is 10.5. The Morgan fingerprint density at radius 3 is 2.72 bits per heavy atom. The first-order valence-electron chi connectivity index (χ1n) is 5.16. The van der Waals surface area contributed by atoms with Gasteiger partial charge in [0.15, 0.2) is 11.8 Å². The molecule has 18 heavy (non-hydrogen) atoms. The van der Waals surface area contributed by atoms with Gasteiger partial charge in [0.25, 0.3) is 0 Å². The van der Waals surface area contributed by atoms with E-state index in [1.165, 1.54) is 10.9 Å². The number of nitro groups is 1. The summed E-state index contributed by atoms with van der Waals surface area (Å²) in [6.07, 6.45) is 1.37. The topological polar surface area (TPSA) is 70.2 Å². The maximum atomic E-state index is 10.5. The van der Waals surface area contributed by atoms with Crippen molar-refractivity contribution >= 4 is 17.4 Å². The molecule has 0 saturated heterocycles. The average Bonchev–Trinajstić information content (AvgIpc) is 2.72. The molecule has 0 saturated carbocycles. The van der Waals surface area contributed by atoms with Gasteiger partial charge in [-0.1, -0.05) is 41.9 Å². The van der Waals surface area contributed by atoms with Crippen molar-refractivity contribution in [2.45, 2.75) is 13.3 Å². The molecule has 2 aromatic rings. The minimum atomic E-state index is -0.629. The lowest BCUT2D eigenvalue weighted by Gasteiger charge is -2.01. The van der Waals surface area contributed by atoms with Gasteiger partial charge in [0, 0.05) is 0 Å². The monoisotopic (exact) mass is 267 g/mol. The molecule has 0 aliphatic carbocycles. The van der Waals surface area contributed by atoms with Crippen LogP contribution in [0.4, 0.5) is 5.82 Å². The first-order valence-corrected chi connectivity index (χ1v) is 5.53. The molecule has 1 aromatic carbocycles. The van der Waals surface area contributed by atoms with Crippen LogP contribution in [0.25, 0.3) is 0 Å². The largest absolute Gasteiger partial charge is 0.408 e. The van der Waals surface area contributed by atoms with Gasteiger partial charge in [-0.25, -0.2) is 0 Å². The van der Waals surface area contributed by atoms with E-state index in [0.29, 0.717) is 6.61 Å². The maximum Gasteiger partial charge on any atom is 0.408 e. The van der Waals surface area contributed by atoms with Crippen molar-refractivity contribution in [3.63, 3.8) is 0 Å². The van der Waals surface area contributed by atoms with Gasteiger partial charge in [-0.05, 0) is 10.5 Å². The summed E-state index contributed by atoms with van der Waals surface area (Å²) >= 11 is 5.66. The Balaban J connectivity index is 1.91. The number of hydrogen-bond acceptors (Lipinski definition) is 4. The third kappa shape index (κ3) is 3.06. The summed E-state index contributed by atoms with van der Waals surface area (Å²) < 4.78 is 6.67. The van der Waals surface area contributed by atoms with Crippen molar-refractivity contribution in [1.82, 2.24) is 9.78 Å². The second kappa shape index (κ2) is 5.61. The summed E-state index contributed by atoms with van der Waals surface area (Å²) in [5, 5.41) is 14.2. The molecule has 7 heteroatoms. The average molecular weight is 268 g/mol. The first-order chi connectivity index (χ1) is 8.66. The van der Waals surface area contributed by atoms with Gasteiger partial charge in [0.05, 0.1) is 17.9 Å². The molecule has 0 unspecified atom stereocenters. The molecule has 0 bridgehead atoms. The van der Waals surface area contributed by atoms with Crippen LogP contribution in [-0.4, -0.2) is 14.7 Å². The van der Waals surface area contributed by atoms with Crippen LogP contribution in [0, 0.1) is 10.1 Å². The van der Waals surface area contributed by atoms with E-state index in [0.717, 1.165) is 5.56 Å². The smallest absolute Gasteiger partial charge is 0.358 e. The zero-order valence-electron chi connectivity index (χ0n) is 9.32. The Morgan fingerprint density at radius 1 is 1.39 bits per heavy atom.